The minimum Gasteiger partial charge on any atom is -0.393 e. The SMILES string of the molecule is CC(C(=O)NCC1CCCC(O)C1)c1ccc(Cl)s1. The molecule has 3 nitrogen and oxygen atoms in total. The Morgan fingerprint density at radius 2 is 2.37 bits per heavy atom. The van der Waals surface area contributed by atoms with Crippen molar-refractivity contribution in [3.63, 3.8) is 0 Å². The topological polar surface area (TPSA) is 49.3 Å². The first-order valence-electron chi connectivity index (χ1n) is 6.77. The third-order valence-electron chi connectivity index (χ3n) is 3.73. The minimum absolute atomic E-state index is 0.0404. The third-order valence-corrected chi connectivity index (χ3v) is 5.15. The molecule has 5 heteroatoms. The third kappa shape index (κ3) is 4.20. The van der Waals surface area contributed by atoms with Crippen molar-refractivity contribution >= 4 is 28.8 Å². The van der Waals surface area contributed by atoms with Crippen LogP contribution in [0, 0.1) is 5.92 Å². The van der Waals surface area contributed by atoms with Crippen molar-refractivity contribution in [1.82, 2.24) is 5.32 Å². The van der Waals surface area contributed by atoms with Gasteiger partial charge in [0.05, 0.1) is 16.4 Å². The van der Waals surface area contributed by atoms with Gasteiger partial charge in [-0.2, -0.15) is 0 Å². The predicted octanol–water partition coefficient (Wildman–Crippen LogP) is 3.17. The summed E-state index contributed by atoms with van der Waals surface area (Å²) in [4.78, 5) is 13.1. The smallest absolute Gasteiger partial charge is 0.228 e. The highest BCUT2D eigenvalue weighted by molar-refractivity contribution is 7.16. The van der Waals surface area contributed by atoms with Gasteiger partial charge in [-0.1, -0.05) is 18.0 Å². The van der Waals surface area contributed by atoms with E-state index in [0.29, 0.717) is 16.8 Å². The van der Waals surface area contributed by atoms with Gasteiger partial charge in [0.25, 0.3) is 0 Å². The van der Waals surface area contributed by atoms with E-state index in [0.717, 1.165) is 30.6 Å². The highest BCUT2D eigenvalue weighted by atomic mass is 35.5. The largest absolute Gasteiger partial charge is 0.393 e. The molecule has 0 radical (unpaired) electrons. The van der Waals surface area contributed by atoms with E-state index in [1.165, 1.54) is 11.3 Å². The van der Waals surface area contributed by atoms with E-state index < -0.39 is 0 Å². The quantitative estimate of drug-likeness (QED) is 0.897. The number of hydrogen-bond acceptors (Lipinski definition) is 3. The first-order chi connectivity index (χ1) is 9.06. The molecule has 1 fully saturated rings. The van der Waals surface area contributed by atoms with Crippen LogP contribution in [0.2, 0.25) is 4.34 Å². The summed E-state index contributed by atoms with van der Waals surface area (Å²) >= 11 is 7.33. The van der Waals surface area contributed by atoms with Crippen molar-refractivity contribution in [2.24, 2.45) is 5.92 Å². The molecule has 1 heterocycles. The van der Waals surface area contributed by atoms with Crippen molar-refractivity contribution in [3.05, 3.63) is 21.3 Å². The number of aliphatic hydroxyl groups excluding tert-OH is 1. The summed E-state index contributed by atoms with van der Waals surface area (Å²) in [7, 11) is 0. The van der Waals surface area contributed by atoms with Crippen LogP contribution in [0.1, 0.15) is 43.4 Å². The maximum absolute atomic E-state index is 12.1. The fraction of sp³-hybridized carbons (Fsp3) is 0.643. The molecule has 1 aromatic heterocycles. The summed E-state index contributed by atoms with van der Waals surface area (Å²) in [6.07, 6.45) is 3.66. The predicted molar refractivity (Wildman–Crippen MR) is 78.7 cm³/mol. The zero-order valence-corrected chi connectivity index (χ0v) is 12.6. The fourth-order valence-electron chi connectivity index (χ4n) is 2.54. The van der Waals surface area contributed by atoms with Crippen LogP contribution in [0.25, 0.3) is 0 Å². The molecular weight excluding hydrogens is 282 g/mol. The van der Waals surface area contributed by atoms with E-state index in [4.69, 9.17) is 11.6 Å². The molecule has 1 aliphatic carbocycles. The second kappa shape index (κ2) is 6.73. The maximum atomic E-state index is 12.1. The number of aliphatic hydroxyl groups is 1. The molecule has 3 unspecified atom stereocenters. The summed E-state index contributed by atoms with van der Waals surface area (Å²) in [6.45, 7) is 2.56. The van der Waals surface area contributed by atoms with Crippen LogP contribution in [-0.4, -0.2) is 23.7 Å². The first-order valence-corrected chi connectivity index (χ1v) is 7.96. The van der Waals surface area contributed by atoms with E-state index in [9.17, 15) is 9.90 Å². The van der Waals surface area contributed by atoms with Crippen LogP contribution < -0.4 is 5.32 Å². The molecule has 0 aliphatic heterocycles. The van der Waals surface area contributed by atoms with Gasteiger partial charge in [-0.25, -0.2) is 0 Å². The summed E-state index contributed by atoms with van der Waals surface area (Å²) in [5, 5.41) is 12.6. The van der Waals surface area contributed by atoms with E-state index in [1.807, 2.05) is 19.1 Å². The van der Waals surface area contributed by atoms with Gasteiger partial charge in [-0.15, -0.1) is 11.3 Å². The Hall–Kier alpha value is -0.580. The summed E-state index contributed by atoms with van der Waals surface area (Å²) in [5.74, 6) is 0.288. The normalized spacial score (nSPS) is 25.0. The Bertz CT molecular complexity index is 435. The van der Waals surface area contributed by atoms with Gasteiger partial charge >= 0.3 is 0 Å². The number of carbonyl (C=O) groups is 1. The Labute approximate surface area is 123 Å². The van der Waals surface area contributed by atoms with Gasteiger partial charge in [0.1, 0.15) is 0 Å². The number of thiophene rings is 1. The highest BCUT2D eigenvalue weighted by Crippen LogP contribution is 2.28. The maximum Gasteiger partial charge on any atom is 0.228 e. The lowest BCUT2D eigenvalue weighted by molar-refractivity contribution is -0.122. The van der Waals surface area contributed by atoms with Crippen molar-refractivity contribution < 1.29 is 9.90 Å². The summed E-state index contributed by atoms with van der Waals surface area (Å²) < 4.78 is 0.713. The van der Waals surface area contributed by atoms with Gasteiger partial charge in [0.15, 0.2) is 0 Å². The lowest BCUT2D eigenvalue weighted by Crippen LogP contribution is -2.34. The molecule has 0 bridgehead atoms. The van der Waals surface area contributed by atoms with Gasteiger partial charge < -0.3 is 10.4 Å². The van der Waals surface area contributed by atoms with Crippen molar-refractivity contribution in [1.29, 1.82) is 0 Å². The lowest BCUT2D eigenvalue weighted by atomic mass is 9.87. The molecule has 1 aromatic rings. The molecular formula is C14H20ClNO2S. The second-order valence-corrected chi connectivity index (χ2v) is 7.04. The zero-order chi connectivity index (χ0) is 13.8. The Morgan fingerprint density at radius 3 is 3.00 bits per heavy atom. The Kier molecular flexibility index (Phi) is 5.25. The van der Waals surface area contributed by atoms with E-state index >= 15 is 0 Å². The number of carbonyl (C=O) groups excluding carboxylic acids is 1. The molecule has 1 amide bonds. The summed E-state index contributed by atoms with van der Waals surface area (Å²) in [5.41, 5.74) is 0. The number of nitrogens with one attached hydrogen (secondary N) is 1. The number of halogens is 1. The molecule has 0 aromatic carbocycles. The molecule has 1 saturated carbocycles. The van der Waals surface area contributed by atoms with Crippen LogP contribution in [0.5, 0.6) is 0 Å². The average Bonchev–Trinajstić information content (AvgIpc) is 2.82. The van der Waals surface area contributed by atoms with Gasteiger partial charge in [-0.3, -0.25) is 4.79 Å². The van der Waals surface area contributed by atoms with Crippen LogP contribution in [-0.2, 0) is 4.79 Å². The van der Waals surface area contributed by atoms with E-state index in [1.54, 1.807) is 0 Å². The standard InChI is InChI=1S/C14H20ClNO2S/c1-9(12-5-6-13(15)19-12)14(18)16-8-10-3-2-4-11(17)7-10/h5-6,9-11,17H,2-4,7-8H2,1H3,(H,16,18). The molecule has 106 valence electrons. The van der Waals surface area contributed by atoms with Crippen molar-refractivity contribution in [3.8, 4) is 0 Å². The highest BCUT2D eigenvalue weighted by Gasteiger charge is 2.22. The van der Waals surface area contributed by atoms with Gasteiger partial charge in [-0.05, 0) is 44.2 Å². The van der Waals surface area contributed by atoms with Crippen LogP contribution in [0.4, 0.5) is 0 Å². The van der Waals surface area contributed by atoms with Gasteiger partial charge in [0, 0.05) is 11.4 Å². The second-order valence-electron chi connectivity index (χ2n) is 5.30. The monoisotopic (exact) mass is 301 g/mol. The number of rotatable bonds is 4. The average molecular weight is 302 g/mol. The van der Waals surface area contributed by atoms with Crippen LogP contribution >= 0.6 is 22.9 Å². The molecule has 2 N–H and O–H groups in total. The first kappa shape index (κ1) is 14.8. The number of amides is 1. The molecule has 0 saturated heterocycles. The zero-order valence-electron chi connectivity index (χ0n) is 11.1. The fourth-order valence-corrected chi connectivity index (χ4v) is 3.65. The number of hydrogen-bond donors (Lipinski definition) is 2. The molecule has 0 spiro atoms. The van der Waals surface area contributed by atoms with E-state index in [2.05, 4.69) is 5.32 Å². The van der Waals surface area contributed by atoms with Crippen molar-refractivity contribution in [2.45, 2.75) is 44.6 Å². The minimum atomic E-state index is -0.191. The van der Waals surface area contributed by atoms with Crippen LogP contribution in [0.15, 0.2) is 12.1 Å². The lowest BCUT2D eigenvalue weighted by Gasteiger charge is -2.26. The van der Waals surface area contributed by atoms with Gasteiger partial charge in [0.2, 0.25) is 5.91 Å². The molecule has 2 rings (SSSR count). The Morgan fingerprint density at radius 1 is 1.58 bits per heavy atom. The summed E-state index contributed by atoms with van der Waals surface area (Å²) in [6, 6.07) is 3.73. The molecule has 3 atom stereocenters. The Balaban J connectivity index is 1.80. The van der Waals surface area contributed by atoms with Crippen LogP contribution in [0.3, 0.4) is 0 Å². The molecule has 1 aliphatic rings. The van der Waals surface area contributed by atoms with E-state index in [-0.39, 0.29) is 17.9 Å². The molecule has 19 heavy (non-hydrogen) atoms. The van der Waals surface area contributed by atoms with Crippen molar-refractivity contribution in [2.75, 3.05) is 6.54 Å².